The largest absolute Gasteiger partial charge is 0.383 e. The van der Waals surface area contributed by atoms with Gasteiger partial charge in [-0.25, -0.2) is 4.98 Å². The summed E-state index contributed by atoms with van der Waals surface area (Å²) in [5, 5.41) is 9.25. The lowest BCUT2D eigenvalue weighted by atomic mass is 10.1. The number of hydrogen-bond donors (Lipinski definition) is 1. The molecule has 0 amide bonds. The molecule has 4 heteroatoms. The molecule has 0 unspecified atom stereocenters. The van der Waals surface area contributed by atoms with Gasteiger partial charge >= 0.3 is 0 Å². The van der Waals surface area contributed by atoms with Gasteiger partial charge in [0.25, 0.3) is 0 Å². The van der Waals surface area contributed by atoms with Gasteiger partial charge in [0.15, 0.2) is 0 Å². The second-order valence-electron chi connectivity index (χ2n) is 5.29. The predicted molar refractivity (Wildman–Crippen MR) is 79.1 cm³/mol. The third kappa shape index (κ3) is 2.05. The topological polar surface area (TPSA) is 67.6 Å². The Balaban J connectivity index is 2.14. The van der Waals surface area contributed by atoms with E-state index in [9.17, 15) is 5.26 Å². The summed E-state index contributed by atoms with van der Waals surface area (Å²) in [5.74, 6) is 2.33. The molecule has 2 N–H and O–H groups in total. The van der Waals surface area contributed by atoms with Crippen LogP contribution in [0, 0.1) is 11.3 Å². The zero-order chi connectivity index (χ0) is 14.1. The Bertz CT molecular complexity index is 674. The van der Waals surface area contributed by atoms with Gasteiger partial charge in [-0.15, -0.1) is 0 Å². The van der Waals surface area contributed by atoms with Crippen molar-refractivity contribution in [2.45, 2.75) is 38.6 Å². The van der Waals surface area contributed by atoms with E-state index in [2.05, 4.69) is 17.6 Å². The normalized spacial score (nSPS) is 14.2. The summed E-state index contributed by atoms with van der Waals surface area (Å²) in [6, 6.07) is 9.74. The number of nitrogens with two attached hydrogens (primary N) is 1. The molecule has 0 atom stereocenters. The number of imidazole rings is 1. The number of rotatable bonds is 4. The highest BCUT2D eigenvalue weighted by Crippen LogP contribution is 2.42. The van der Waals surface area contributed by atoms with Gasteiger partial charge in [-0.2, -0.15) is 5.26 Å². The third-order valence-corrected chi connectivity index (χ3v) is 3.73. The van der Waals surface area contributed by atoms with Crippen LogP contribution in [0.3, 0.4) is 0 Å². The lowest BCUT2D eigenvalue weighted by Gasteiger charge is -2.07. The fourth-order valence-electron chi connectivity index (χ4n) is 2.58. The highest BCUT2D eigenvalue weighted by Gasteiger charge is 2.31. The Labute approximate surface area is 118 Å². The first-order chi connectivity index (χ1) is 9.76. The molecule has 4 nitrogen and oxygen atoms in total. The average molecular weight is 266 g/mol. The molecule has 0 radical (unpaired) electrons. The molecular weight excluding hydrogens is 248 g/mol. The molecule has 0 bridgehead atoms. The summed E-state index contributed by atoms with van der Waals surface area (Å²) in [7, 11) is 0. The van der Waals surface area contributed by atoms with Crippen LogP contribution in [0.2, 0.25) is 0 Å². The van der Waals surface area contributed by atoms with Crippen LogP contribution in [0.4, 0.5) is 5.82 Å². The molecule has 1 aliphatic rings. The Kier molecular flexibility index (Phi) is 3.19. The van der Waals surface area contributed by atoms with Gasteiger partial charge in [-0.3, -0.25) is 0 Å². The van der Waals surface area contributed by atoms with E-state index in [0.29, 0.717) is 17.3 Å². The van der Waals surface area contributed by atoms with Crippen molar-refractivity contribution in [3.05, 3.63) is 35.7 Å². The minimum Gasteiger partial charge on any atom is -0.383 e. The van der Waals surface area contributed by atoms with E-state index in [-0.39, 0.29) is 0 Å². The molecule has 1 fully saturated rings. The molecular formula is C16H18N4. The van der Waals surface area contributed by atoms with Gasteiger partial charge in [0.05, 0.1) is 11.6 Å². The fourth-order valence-corrected chi connectivity index (χ4v) is 2.58. The van der Waals surface area contributed by atoms with Gasteiger partial charge in [0, 0.05) is 18.0 Å². The smallest absolute Gasteiger partial charge is 0.131 e. The number of nitrogen functional groups attached to an aromatic ring is 1. The number of hydrogen-bond acceptors (Lipinski definition) is 3. The fraction of sp³-hybridized carbons (Fsp3) is 0.375. The monoisotopic (exact) mass is 266 g/mol. The van der Waals surface area contributed by atoms with E-state index in [1.807, 2.05) is 24.3 Å². The maximum absolute atomic E-state index is 9.25. The van der Waals surface area contributed by atoms with Crippen molar-refractivity contribution in [3.8, 4) is 17.3 Å². The summed E-state index contributed by atoms with van der Waals surface area (Å²) in [6.07, 6.45) is 3.42. The lowest BCUT2D eigenvalue weighted by Crippen LogP contribution is -2.06. The number of nitrogens with zero attached hydrogens (tertiary/aromatic N) is 3. The molecule has 3 rings (SSSR count). The minimum absolute atomic E-state index is 0.548. The maximum atomic E-state index is 9.25. The Morgan fingerprint density at radius 3 is 2.80 bits per heavy atom. The Morgan fingerprint density at radius 1 is 1.40 bits per heavy atom. The zero-order valence-corrected chi connectivity index (χ0v) is 11.6. The van der Waals surface area contributed by atoms with Gasteiger partial charge in [0.1, 0.15) is 17.3 Å². The maximum Gasteiger partial charge on any atom is 0.131 e. The summed E-state index contributed by atoms with van der Waals surface area (Å²) in [6.45, 7) is 3.03. The molecule has 1 aromatic carbocycles. The summed E-state index contributed by atoms with van der Waals surface area (Å²) >= 11 is 0. The van der Waals surface area contributed by atoms with E-state index < -0.39 is 0 Å². The average Bonchev–Trinajstić information content (AvgIpc) is 3.26. The standard InChI is InChI=1S/C16H18N4/c1-2-9-20-15(18)14(19-16(20)11-7-8-11)13-6-4-3-5-12(13)10-17/h3-6,11H,2,7-9,18H2,1H3. The number of aromatic nitrogens is 2. The van der Waals surface area contributed by atoms with E-state index in [0.717, 1.165) is 30.0 Å². The zero-order valence-electron chi connectivity index (χ0n) is 11.6. The second kappa shape index (κ2) is 5.01. The molecule has 0 saturated heterocycles. The molecule has 1 saturated carbocycles. The number of anilines is 1. The van der Waals surface area contributed by atoms with E-state index in [1.165, 1.54) is 12.8 Å². The summed E-state index contributed by atoms with van der Waals surface area (Å²) < 4.78 is 2.13. The lowest BCUT2D eigenvalue weighted by molar-refractivity contribution is 0.646. The van der Waals surface area contributed by atoms with Crippen molar-refractivity contribution in [2.75, 3.05) is 5.73 Å². The first kappa shape index (κ1) is 12.7. The van der Waals surface area contributed by atoms with Crippen molar-refractivity contribution in [1.82, 2.24) is 9.55 Å². The molecule has 0 spiro atoms. The van der Waals surface area contributed by atoms with Crippen LogP contribution in [0.5, 0.6) is 0 Å². The van der Waals surface area contributed by atoms with Crippen LogP contribution >= 0.6 is 0 Å². The second-order valence-corrected chi connectivity index (χ2v) is 5.29. The van der Waals surface area contributed by atoms with Crippen LogP contribution in [0.25, 0.3) is 11.3 Å². The quantitative estimate of drug-likeness (QED) is 0.923. The van der Waals surface area contributed by atoms with Crippen molar-refractivity contribution < 1.29 is 0 Å². The van der Waals surface area contributed by atoms with Crippen LogP contribution in [-0.2, 0) is 6.54 Å². The number of nitriles is 1. The van der Waals surface area contributed by atoms with Crippen molar-refractivity contribution in [2.24, 2.45) is 0 Å². The van der Waals surface area contributed by atoms with Gasteiger partial charge in [0.2, 0.25) is 0 Å². The molecule has 102 valence electrons. The van der Waals surface area contributed by atoms with Gasteiger partial charge in [-0.1, -0.05) is 25.1 Å². The summed E-state index contributed by atoms with van der Waals surface area (Å²) in [4.78, 5) is 4.76. The summed E-state index contributed by atoms with van der Waals surface area (Å²) in [5.41, 5.74) is 8.53. The van der Waals surface area contributed by atoms with Crippen LogP contribution < -0.4 is 5.73 Å². The van der Waals surface area contributed by atoms with Crippen molar-refractivity contribution in [3.63, 3.8) is 0 Å². The Morgan fingerprint density at radius 2 is 2.15 bits per heavy atom. The van der Waals surface area contributed by atoms with E-state index in [4.69, 9.17) is 10.7 Å². The molecule has 1 aromatic heterocycles. The Hall–Kier alpha value is -2.28. The molecule has 1 heterocycles. The van der Waals surface area contributed by atoms with Crippen molar-refractivity contribution >= 4 is 5.82 Å². The SMILES string of the molecule is CCCn1c(C2CC2)nc(-c2ccccc2C#N)c1N. The first-order valence-corrected chi connectivity index (χ1v) is 7.11. The van der Waals surface area contributed by atoms with Gasteiger partial charge < -0.3 is 10.3 Å². The van der Waals surface area contributed by atoms with E-state index >= 15 is 0 Å². The third-order valence-electron chi connectivity index (χ3n) is 3.73. The van der Waals surface area contributed by atoms with Crippen LogP contribution in [0.1, 0.15) is 43.5 Å². The van der Waals surface area contributed by atoms with Crippen LogP contribution in [-0.4, -0.2) is 9.55 Å². The minimum atomic E-state index is 0.548. The van der Waals surface area contributed by atoms with Crippen molar-refractivity contribution in [1.29, 1.82) is 5.26 Å². The predicted octanol–water partition coefficient (Wildman–Crippen LogP) is 3.29. The molecule has 2 aromatic rings. The van der Waals surface area contributed by atoms with Crippen LogP contribution in [0.15, 0.2) is 24.3 Å². The highest BCUT2D eigenvalue weighted by molar-refractivity contribution is 5.76. The first-order valence-electron chi connectivity index (χ1n) is 7.11. The molecule has 20 heavy (non-hydrogen) atoms. The number of benzene rings is 1. The highest BCUT2D eigenvalue weighted by atomic mass is 15.1. The molecule has 0 aliphatic heterocycles. The van der Waals surface area contributed by atoms with E-state index in [1.54, 1.807) is 0 Å². The van der Waals surface area contributed by atoms with Gasteiger partial charge in [-0.05, 0) is 25.3 Å². The molecule has 1 aliphatic carbocycles.